The summed E-state index contributed by atoms with van der Waals surface area (Å²) in [6.07, 6.45) is -9.32. The number of aromatic nitrogens is 2. The van der Waals surface area contributed by atoms with Crippen molar-refractivity contribution in [1.82, 2.24) is 9.97 Å². The van der Waals surface area contributed by atoms with Crippen molar-refractivity contribution in [2.45, 2.75) is 19.3 Å². The molecule has 0 atom stereocenters. The summed E-state index contributed by atoms with van der Waals surface area (Å²) in [7, 11) is 0. The van der Waals surface area contributed by atoms with Crippen LogP contribution in [0.15, 0.2) is 6.07 Å². The van der Waals surface area contributed by atoms with E-state index in [1.165, 1.54) is 0 Å². The molecule has 0 unspecified atom stereocenters. The van der Waals surface area contributed by atoms with E-state index < -0.39 is 30.4 Å². The molecule has 0 saturated carbocycles. The number of hydrogen-bond donors (Lipinski definition) is 2. The molecule has 1 heterocycles. The normalized spacial score (nSPS) is 12.4. The highest BCUT2D eigenvalue weighted by atomic mass is 19.4. The Hall–Kier alpha value is -1.74. The maximum atomic E-state index is 12.5. The van der Waals surface area contributed by atoms with Crippen molar-refractivity contribution in [3.63, 3.8) is 0 Å². The van der Waals surface area contributed by atoms with E-state index in [0.29, 0.717) is 6.07 Å². The minimum Gasteiger partial charge on any atom is -0.361 e. The van der Waals surface area contributed by atoms with Crippen LogP contribution in [0.2, 0.25) is 0 Å². The van der Waals surface area contributed by atoms with Crippen LogP contribution in [0.1, 0.15) is 12.6 Å². The molecule has 0 bridgehead atoms. The Morgan fingerprint density at radius 1 is 1.05 bits per heavy atom. The average molecular weight is 288 g/mol. The Bertz CT molecular complexity index is 428. The number of hydrogen-bond acceptors (Lipinski definition) is 4. The van der Waals surface area contributed by atoms with Gasteiger partial charge in [0.25, 0.3) is 0 Å². The molecule has 2 N–H and O–H groups in total. The monoisotopic (exact) mass is 288 g/mol. The first kappa shape index (κ1) is 15.3. The van der Waals surface area contributed by atoms with Crippen LogP contribution in [0.4, 0.5) is 38.1 Å². The van der Waals surface area contributed by atoms with Gasteiger partial charge in [-0.15, -0.1) is 0 Å². The molecule has 1 aromatic rings. The molecule has 0 amide bonds. The largest absolute Gasteiger partial charge is 0.433 e. The van der Waals surface area contributed by atoms with E-state index in [4.69, 9.17) is 0 Å². The Labute approximate surface area is 104 Å². The molecule has 0 fully saturated rings. The van der Waals surface area contributed by atoms with Crippen molar-refractivity contribution in [2.75, 3.05) is 23.7 Å². The lowest BCUT2D eigenvalue weighted by molar-refractivity contribution is -0.141. The van der Waals surface area contributed by atoms with Crippen molar-refractivity contribution >= 4 is 11.8 Å². The van der Waals surface area contributed by atoms with Crippen LogP contribution in [-0.2, 0) is 6.18 Å². The summed E-state index contributed by atoms with van der Waals surface area (Å²) in [5.74, 6) is -0.933. The van der Waals surface area contributed by atoms with Gasteiger partial charge in [-0.2, -0.15) is 31.3 Å². The van der Waals surface area contributed by atoms with E-state index in [9.17, 15) is 26.3 Å². The summed E-state index contributed by atoms with van der Waals surface area (Å²) in [6.45, 7) is 0.347. The number of anilines is 2. The average Bonchev–Trinajstić information content (AvgIpc) is 2.24. The Balaban J connectivity index is 3.00. The van der Waals surface area contributed by atoms with Gasteiger partial charge in [0.15, 0.2) is 5.69 Å². The Morgan fingerprint density at radius 2 is 1.68 bits per heavy atom. The highest BCUT2D eigenvalue weighted by molar-refractivity contribution is 5.43. The van der Waals surface area contributed by atoms with Crippen molar-refractivity contribution in [3.8, 4) is 0 Å². The summed E-state index contributed by atoms with van der Waals surface area (Å²) in [4.78, 5) is 6.68. The summed E-state index contributed by atoms with van der Waals surface area (Å²) < 4.78 is 73.4. The van der Waals surface area contributed by atoms with Crippen molar-refractivity contribution in [1.29, 1.82) is 0 Å². The van der Waals surface area contributed by atoms with Crippen molar-refractivity contribution in [2.24, 2.45) is 0 Å². The smallest absolute Gasteiger partial charge is 0.361 e. The zero-order valence-corrected chi connectivity index (χ0v) is 9.65. The lowest BCUT2D eigenvalue weighted by Gasteiger charge is -2.13. The standard InChI is InChI=1S/C9H10F6N4/c1-2-16-7-18-5(9(13,14)15)3-6(19-7)17-4-8(10,11)12/h3H,2,4H2,1H3,(H2,16,17,18,19). The van der Waals surface area contributed by atoms with E-state index in [0.717, 1.165) is 0 Å². The minimum atomic E-state index is -4.76. The van der Waals surface area contributed by atoms with Crippen LogP contribution in [0.3, 0.4) is 0 Å². The summed E-state index contributed by atoms with van der Waals surface area (Å²) in [6, 6.07) is 0.423. The van der Waals surface area contributed by atoms with Gasteiger partial charge in [0, 0.05) is 12.6 Å². The van der Waals surface area contributed by atoms with E-state index >= 15 is 0 Å². The Morgan fingerprint density at radius 3 is 2.16 bits per heavy atom. The number of alkyl halides is 6. The first-order valence-corrected chi connectivity index (χ1v) is 5.12. The molecule has 0 aliphatic heterocycles. The zero-order chi connectivity index (χ0) is 14.7. The highest BCUT2D eigenvalue weighted by Gasteiger charge is 2.34. The minimum absolute atomic E-state index is 0.236. The van der Waals surface area contributed by atoms with Crippen LogP contribution >= 0.6 is 0 Å². The summed E-state index contributed by atoms with van der Waals surface area (Å²) in [5, 5.41) is 4.19. The van der Waals surface area contributed by atoms with Gasteiger partial charge < -0.3 is 10.6 Å². The van der Waals surface area contributed by atoms with Crippen LogP contribution in [0, 0.1) is 0 Å². The second kappa shape index (κ2) is 5.49. The maximum absolute atomic E-state index is 12.5. The molecule has 19 heavy (non-hydrogen) atoms. The fraction of sp³-hybridized carbons (Fsp3) is 0.556. The first-order chi connectivity index (χ1) is 8.62. The van der Waals surface area contributed by atoms with Gasteiger partial charge >= 0.3 is 12.4 Å². The first-order valence-electron chi connectivity index (χ1n) is 5.12. The second-order valence-corrected chi connectivity index (χ2v) is 3.46. The van der Waals surface area contributed by atoms with Crippen molar-refractivity contribution in [3.05, 3.63) is 11.8 Å². The van der Waals surface area contributed by atoms with Gasteiger partial charge in [-0.25, -0.2) is 4.98 Å². The Kier molecular flexibility index (Phi) is 4.43. The molecule has 0 radical (unpaired) electrons. The third kappa shape index (κ3) is 5.18. The van der Waals surface area contributed by atoms with Crippen LogP contribution < -0.4 is 10.6 Å². The third-order valence-electron chi connectivity index (χ3n) is 1.82. The molecule has 0 aromatic carbocycles. The molecule has 0 spiro atoms. The van der Waals surface area contributed by atoms with Crippen LogP contribution in [0.5, 0.6) is 0 Å². The predicted molar refractivity (Wildman–Crippen MR) is 55.7 cm³/mol. The van der Waals surface area contributed by atoms with Gasteiger partial charge in [0.1, 0.15) is 12.4 Å². The van der Waals surface area contributed by atoms with E-state index in [1.54, 1.807) is 12.2 Å². The lowest BCUT2D eigenvalue weighted by Crippen LogP contribution is -2.23. The van der Waals surface area contributed by atoms with E-state index in [1.807, 2.05) is 0 Å². The molecule has 0 saturated heterocycles. The van der Waals surface area contributed by atoms with Crippen LogP contribution in [-0.4, -0.2) is 29.2 Å². The number of nitrogens with one attached hydrogen (secondary N) is 2. The number of rotatable bonds is 4. The number of halogens is 6. The molecule has 0 aliphatic carbocycles. The fourth-order valence-corrected chi connectivity index (χ4v) is 1.11. The zero-order valence-electron chi connectivity index (χ0n) is 9.65. The maximum Gasteiger partial charge on any atom is 0.433 e. The molecule has 10 heteroatoms. The topological polar surface area (TPSA) is 49.8 Å². The van der Waals surface area contributed by atoms with Gasteiger partial charge in [-0.3, -0.25) is 0 Å². The summed E-state index contributed by atoms with van der Waals surface area (Å²) >= 11 is 0. The summed E-state index contributed by atoms with van der Waals surface area (Å²) in [5.41, 5.74) is -1.32. The molecule has 1 rings (SSSR count). The third-order valence-corrected chi connectivity index (χ3v) is 1.82. The molecule has 1 aromatic heterocycles. The number of nitrogens with zero attached hydrogens (tertiary/aromatic N) is 2. The molecular weight excluding hydrogens is 278 g/mol. The quantitative estimate of drug-likeness (QED) is 0.836. The fourth-order valence-electron chi connectivity index (χ4n) is 1.11. The van der Waals surface area contributed by atoms with Crippen LogP contribution in [0.25, 0.3) is 0 Å². The molecule has 0 aliphatic rings. The highest BCUT2D eigenvalue weighted by Crippen LogP contribution is 2.29. The van der Waals surface area contributed by atoms with Gasteiger partial charge in [-0.1, -0.05) is 0 Å². The van der Waals surface area contributed by atoms with Gasteiger partial charge in [-0.05, 0) is 6.92 Å². The van der Waals surface area contributed by atoms with Gasteiger partial charge in [0.2, 0.25) is 5.95 Å². The lowest BCUT2D eigenvalue weighted by atomic mass is 10.3. The van der Waals surface area contributed by atoms with E-state index in [2.05, 4.69) is 15.3 Å². The molecular formula is C9H10F6N4. The predicted octanol–water partition coefficient (Wildman–Crippen LogP) is 2.90. The van der Waals surface area contributed by atoms with E-state index in [-0.39, 0.29) is 12.5 Å². The molecule has 108 valence electrons. The molecule has 4 nitrogen and oxygen atoms in total. The second-order valence-electron chi connectivity index (χ2n) is 3.46. The van der Waals surface area contributed by atoms with Gasteiger partial charge in [0.05, 0.1) is 0 Å². The van der Waals surface area contributed by atoms with Crippen molar-refractivity contribution < 1.29 is 26.3 Å². The SMILES string of the molecule is CCNc1nc(NCC(F)(F)F)cc(C(F)(F)F)n1.